The molecule has 1 heterocycles. The number of likely N-dealkylation sites (N-methyl/N-ethyl adjacent to an activating group) is 2. The van der Waals surface area contributed by atoms with Crippen molar-refractivity contribution in [3.05, 3.63) is 60.2 Å². The molecular weight excluding hydrogens is 248 g/mol. The SMILES string of the molecule is CNCC1Oc2ccccc2C1N(C)c1ccccc1. The van der Waals surface area contributed by atoms with E-state index in [4.69, 9.17) is 4.74 Å². The first-order valence-electron chi connectivity index (χ1n) is 6.99. The molecule has 0 spiro atoms. The molecule has 1 N–H and O–H groups in total. The highest BCUT2D eigenvalue weighted by Gasteiger charge is 2.36. The van der Waals surface area contributed by atoms with Gasteiger partial charge in [0.1, 0.15) is 11.9 Å². The van der Waals surface area contributed by atoms with Crippen LogP contribution in [0.25, 0.3) is 0 Å². The van der Waals surface area contributed by atoms with Gasteiger partial charge in [-0.15, -0.1) is 0 Å². The van der Waals surface area contributed by atoms with Gasteiger partial charge in [0.25, 0.3) is 0 Å². The van der Waals surface area contributed by atoms with E-state index in [0.717, 1.165) is 12.3 Å². The van der Waals surface area contributed by atoms with Crippen molar-refractivity contribution in [2.75, 3.05) is 25.5 Å². The zero-order valence-electron chi connectivity index (χ0n) is 11.9. The molecule has 0 radical (unpaired) electrons. The third kappa shape index (κ3) is 2.25. The van der Waals surface area contributed by atoms with E-state index in [9.17, 15) is 0 Å². The van der Waals surface area contributed by atoms with Crippen LogP contribution in [0.5, 0.6) is 5.75 Å². The van der Waals surface area contributed by atoms with Gasteiger partial charge in [0, 0.05) is 24.8 Å². The first-order chi connectivity index (χ1) is 9.81. The second kappa shape index (κ2) is 5.55. The molecule has 20 heavy (non-hydrogen) atoms. The minimum atomic E-state index is 0.127. The average Bonchev–Trinajstić information content (AvgIpc) is 2.86. The highest BCUT2D eigenvalue weighted by molar-refractivity contribution is 5.52. The van der Waals surface area contributed by atoms with E-state index in [1.165, 1.54) is 11.3 Å². The average molecular weight is 268 g/mol. The van der Waals surface area contributed by atoms with E-state index in [0.29, 0.717) is 0 Å². The van der Waals surface area contributed by atoms with Crippen LogP contribution in [0, 0.1) is 0 Å². The summed E-state index contributed by atoms with van der Waals surface area (Å²) in [6, 6.07) is 19.0. The molecule has 0 aromatic heterocycles. The Labute approximate surface area is 120 Å². The lowest BCUT2D eigenvalue weighted by molar-refractivity contribution is 0.203. The number of nitrogens with zero attached hydrogens (tertiary/aromatic N) is 1. The quantitative estimate of drug-likeness (QED) is 0.923. The van der Waals surface area contributed by atoms with Gasteiger partial charge in [-0.1, -0.05) is 36.4 Å². The topological polar surface area (TPSA) is 24.5 Å². The molecule has 3 rings (SSSR count). The molecule has 1 aliphatic heterocycles. The van der Waals surface area contributed by atoms with Crippen molar-refractivity contribution in [3.8, 4) is 5.75 Å². The predicted molar refractivity (Wildman–Crippen MR) is 82.4 cm³/mol. The van der Waals surface area contributed by atoms with E-state index in [1.807, 2.05) is 19.2 Å². The van der Waals surface area contributed by atoms with Crippen molar-refractivity contribution in [3.63, 3.8) is 0 Å². The van der Waals surface area contributed by atoms with Crippen molar-refractivity contribution < 1.29 is 4.74 Å². The lowest BCUT2D eigenvalue weighted by Crippen LogP contribution is -2.38. The Hall–Kier alpha value is -2.00. The molecule has 2 aromatic rings. The summed E-state index contributed by atoms with van der Waals surface area (Å²) in [5.74, 6) is 1.00. The van der Waals surface area contributed by atoms with E-state index in [-0.39, 0.29) is 12.1 Å². The normalized spacial score (nSPS) is 20.3. The first kappa shape index (κ1) is 13.0. The Kier molecular flexibility index (Phi) is 3.61. The fourth-order valence-electron chi connectivity index (χ4n) is 2.90. The number of nitrogens with one attached hydrogen (secondary N) is 1. The van der Waals surface area contributed by atoms with Crippen molar-refractivity contribution in [1.29, 1.82) is 0 Å². The maximum absolute atomic E-state index is 6.10. The molecular formula is C17H20N2O. The van der Waals surface area contributed by atoms with Crippen LogP contribution in [0.1, 0.15) is 11.6 Å². The molecule has 3 nitrogen and oxygen atoms in total. The van der Waals surface area contributed by atoms with Crippen LogP contribution in [0.2, 0.25) is 0 Å². The molecule has 3 heteroatoms. The van der Waals surface area contributed by atoms with Gasteiger partial charge in [-0.2, -0.15) is 0 Å². The maximum atomic E-state index is 6.10. The number of hydrogen-bond donors (Lipinski definition) is 1. The number of benzene rings is 2. The molecule has 1 aliphatic rings. The lowest BCUT2D eigenvalue weighted by Gasteiger charge is -2.30. The number of para-hydroxylation sites is 2. The molecule has 0 saturated carbocycles. The Morgan fingerprint density at radius 3 is 2.50 bits per heavy atom. The summed E-state index contributed by atoms with van der Waals surface area (Å²) in [4.78, 5) is 2.30. The zero-order valence-corrected chi connectivity index (χ0v) is 11.9. The second-order valence-corrected chi connectivity index (χ2v) is 5.14. The molecule has 0 amide bonds. The van der Waals surface area contributed by atoms with Crippen molar-refractivity contribution in [1.82, 2.24) is 5.32 Å². The predicted octanol–water partition coefficient (Wildman–Crippen LogP) is 2.84. The lowest BCUT2D eigenvalue weighted by atomic mass is 10.0. The first-order valence-corrected chi connectivity index (χ1v) is 6.99. The maximum Gasteiger partial charge on any atom is 0.136 e. The fourth-order valence-corrected chi connectivity index (χ4v) is 2.90. The third-order valence-corrected chi connectivity index (χ3v) is 3.85. The van der Waals surface area contributed by atoms with Crippen LogP contribution in [-0.4, -0.2) is 26.7 Å². The summed E-state index contributed by atoms with van der Waals surface area (Å²) in [5, 5.41) is 3.23. The summed E-state index contributed by atoms with van der Waals surface area (Å²) in [6.45, 7) is 0.830. The monoisotopic (exact) mass is 268 g/mol. The Morgan fingerprint density at radius 2 is 1.75 bits per heavy atom. The van der Waals surface area contributed by atoms with E-state index >= 15 is 0 Å². The Bertz CT molecular complexity index is 570. The highest BCUT2D eigenvalue weighted by atomic mass is 16.5. The van der Waals surface area contributed by atoms with Gasteiger partial charge < -0.3 is 15.0 Å². The molecule has 2 aromatic carbocycles. The summed E-state index contributed by atoms with van der Waals surface area (Å²) in [5.41, 5.74) is 2.47. The minimum Gasteiger partial charge on any atom is -0.486 e. The van der Waals surface area contributed by atoms with Crippen molar-refractivity contribution >= 4 is 5.69 Å². The van der Waals surface area contributed by atoms with Gasteiger partial charge in [-0.05, 0) is 25.2 Å². The molecule has 2 atom stereocenters. The molecule has 0 aliphatic carbocycles. The van der Waals surface area contributed by atoms with E-state index < -0.39 is 0 Å². The Balaban J connectivity index is 1.96. The fraction of sp³-hybridized carbons (Fsp3) is 0.294. The number of fused-ring (bicyclic) bond motifs is 1. The van der Waals surface area contributed by atoms with Crippen LogP contribution in [-0.2, 0) is 0 Å². The van der Waals surface area contributed by atoms with E-state index in [2.05, 4.69) is 59.7 Å². The van der Waals surface area contributed by atoms with Crippen LogP contribution in [0.15, 0.2) is 54.6 Å². The summed E-state index contributed by atoms with van der Waals surface area (Å²) >= 11 is 0. The van der Waals surface area contributed by atoms with Gasteiger partial charge in [0.05, 0.1) is 6.04 Å². The van der Waals surface area contributed by atoms with Gasteiger partial charge in [-0.3, -0.25) is 0 Å². The minimum absolute atomic E-state index is 0.127. The third-order valence-electron chi connectivity index (χ3n) is 3.85. The van der Waals surface area contributed by atoms with E-state index in [1.54, 1.807) is 0 Å². The molecule has 0 fully saturated rings. The molecule has 0 saturated heterocycles. The number of anilines is 1. The smallest absolute Gasteiger partial charge is 0.136 e. The van der Waals surface area contributed by atoms with Gasteiger partial charge in [0.2, 0.25) is 0 Å². The number of ether oxygens (including phenoxy) is 1. The molecule has 104 valence electrons. The summed E-state index contributed by atoms with van der Waals surface area (Å²) in [7, 11) is 4.10. The highest BCUT2D eigenvalue weighted by Crippen LogP contribution is 2.41. The van der Waals surface area contributed by atoms with Gasteiger partial charge >= 0.3 is 0 Å². The van der Waals surface area contributed by atoms with Crippen LogP contribution in [0.4, 0.5) is 5.69 Å². The Morgan fingerprint density at radius 1 is 1.05 bits per heavy atom. The zero-order chi connectivity index (χ0) is 13.9. The molecule has 0 bridgehead atoms. The summed E-state index contributed by atoms with van der Waals surface area (Å²) in [6.07, 6.45) is 0.127. The second-order valence-electron chi connectivity index (χ2n) is 5.14. The standard InChI is InChI=1S/C17H20N2O/c1-18-12-16-17(14-10-6-7-11-15(14)20-16)19(2)13-8-4-3-5-9-13/h3-11,16-18H,12H2,1-2H3. The van der Waals surface area contributed by atoms with Crippen LogP contribution in [0.3, 0.4) is 0 Å². The van der Waals surface area contributed by atoms with Crippen LogP contribution < -0.4 is 15.0 Å². The van der Waals surface area contributed by atoms with Gasteiger partial charge in [-0.25, -0.2) is 0 Å². The van der Waals surface area contributed by atoms with Crippen molar-refractivity contribution in [2.45, 2.75) is 12.1 Å². The number of hydrogen-bond acceptors (Lipinski definition) is 3. The van der Waals surface area contributed by atoms with Crippen molar-refractivity contribution in [2.24, 2.45) is 0 Å². The van der Waals surface area contributed by atoms with Crippen LogP contribution >= 0.6 is 0 Å². The largest absolute Gasteiger partial charge is 0.486 e. The number of rotatable bonds is 4. The summed E-state index contributed by atoms with van der Waals surface area (Å²) < 4.78 is 6.10. The molecule has 2 unspecified atom stereocenters. The van der Waals surface area contributed by atoms with Gasteiger partial charge in [0.15, 0.2) is 0 Å².